The third-order valence-electron chi connectivity index (χ3n) is 3.13. The first-order valence-electron chi connectivity index (χ1n) is 5.72. The van der Waals surface area contributed by atoms with Crippen LogP contribution in [-0.2, 0) is 4.79 Å². The number of aliphatic carboxylic acids is 1. The summed E-state index contributed by atoms with van der Waals surface area (Å²) in [6.45, 7) is 3.80. The summed E-state index contributed by atoms with van der Waals surface area (Å²) < 4.78 is 0. The fraction of sp³-hybridized carbons (Fsp3) is 0.462. The lowest BCUT2D eigenvalue weighted by atomic mass is 10.0. The molecule has 0 spiro atoms. The molecule has 1 fully saturated rings. The lowest BCUT2D eigenvalue weighted by Gasteiger charge is -2.24. The standard InChI is InChI=1S/C13H17NO2/c1-10-4-6-11(7-5-10)12(13(15)16)14-8-2-3-9-14/h4-7,12H,2-3,8-9H2,1H3,(H,15,16)/t12-/m1/s1. The summed E-state index contributed by atoms with van der Waals surface area (Å²) in [4.78, 5) is 13.4. The van der Waals surface area contributed by atoms with E-state index >= 15 is 0 Å². The lowest BCUT2D eigenvalue weighted by molar-refractivity contribution is -0.143. The van der Waals surface area contributed by atoms with Gasteiger partial charge in [-0.25, -0.2) is 0 Å². The summed E-state index contributed by atoms with van der Waals surface area (Å²) in [5, 5.41) is 9.31. The summed E-state index contributed by atoms with van der Waals surface area (Å²) in [5.41, 5.74) is 2.05. The van der Waals surface area contributed by atoms with Gasteiger partial charge in [-0.1, -0.05) is 29.8 Å². The van der Waals surface area contributed by atoms with Crippen LogP contribution in [0.2, 0.25) is 0 Å². The molecule has 0 radical (unpaired) electrons. The first kappa shape index (κ1) is 11.1. The van der Waals surface area contributed by atoms with Crippen LogP contribution in [0.1, 0.15) is 30.0 Å². The Kier molecular flexibility index (Phi) is 3.25. The Bertz CT molecular complexity index is 366. The van der Waals surface area contributed by atoms with E-state index in [9.17, 15) is 9.90 Å². The van der Waals surface area contributed by atoms with Gasteiger partial charge in [-0.05, 0) is 38.4 Å². The third kappa shape index (κ3) is 2.25. The number of carboxylic acid groups (broad SMARTS) is 1. The molecule has 1 heterocycles. The Morgan fingerprint density at radius 2 is 1.81 bits per heavy atom. The molecule has 1 aromatic carbocycles. The number of rotatable bonds is 3. The van der Waals surface area contributed by atoms with Crippen molar-refractivity contribution in [3.63, 3.8) is 0 Å². The number of aryl methyl sites for hydroxylation is 1. The maximum absolute atomic E-state index is 11.3. The fourth-order valence-electron chi connectivity index (χ4n) is 2.26. The highest BCUT2D eigenvalue weighted by Gasteiger charge is 2.29. The minimum absolute atomic E-state index is 0.469. The Morgan fingerprint density at radius 1 is 1.25 bits per heavy atom. The van der Waals surface area contributed by atoms with Crippen LogP contribution in [0.5, 0.6) is 0 Å². The zero-order valence-corrected chi connectivity index (χ0v) is 9.52. The van der Waals surface area contributed by atoms with Crippen molar-refractivity contribution in [2.75, 3.05) is 13.1 Å². The first-order valence-corrected chi connectivity index (χ1v) is 5.72. The monoisotopic (exact) mass is 219 g/mol. The first-order chi connectivity index (χ1) is 7.68. The van der Waals surface area contributed by atoms with E-state index in [1.807, 2.05) is 36.1 Å². The largest absolute Gasteiger partial charge is 0.480 e. The van der Waals surface area contributed by atoms with Crippen molar-refractivity contribution in [2.45, 2.75) is 25.8 Å². The van der Waals surface area contributed by atoms with Crippen LogP contribution in [0.3, 0.4) is 0 Å². The van der Waals surface area contributed by atoms with Gasteiger partial charge in [0.2, 0.25) is 0 Å². The Hall–Kier alpha value is -1.35. The molecule has 0 amide bonds. The second-order valence-corrected chi connectivity index (χ2v) is 4.39. The van der Waals surface area contributed by atoms with Crippen molar-refractivity contribution >= 4 is 5.97 Å². The van der Waals surface area contributed by atoms with Crippen molar-refractivity contribution in [1.82, 2.24) is 4.90 Å². The van der Waals surface area contributed by atoms with Crippen LogP contribution < -0.4 is 0 Å². The van der Waals surface area contributed by atoms with E-state index in [2.05, 4.69) is 0 Å². The molecule has 86 valence electrons. The van der Waals surface area contributed by atoms with E-state index in [-0.39, 0.29) is 0 Å². The van der Waals surface area contributed by atoms with Crippen LogP contribution in [0.25, 0.3) is 0 Å². The summed E-state index contributed by atoms with van der Waals surface area (Å²) in [5.74, 6) is -0.745. The molecule has 16 heavy (non-hydrogen) atoms. The van der Waals surface area contributed by atoms with Gasteiger partial charge in [0.25, 0.3) is 0 Å². The maximum atomic E-state index is 11.3. The topological polar surface area (TPSA) is 40.5 Å². The van der Waals surface area contributed by atoms with E-state index in [0.717, 1.165) is 37.1 Å². The molecular formula is C13H17NO2. The van der Waals surface area contributed by atoms with E-state index in [4.69, 9.17) is 0 Å². The van der Waals surface area contributed by atoms with Crippen molar-refractivity contribution in [1.29, 1.82) is 0 Å². The Morgan fingerprint density at radius 3 is 2.31 bits per heavy atom. The van der Waals surface area contributed by atoms with Gasteiger partial charge in [0, 0.05) is 0 Å². The normalized spacial score (nSPS) is 18.6. The SMILES string of the molecule is Cc1ccc([C@H](C(=O)O)N2CCCC2)cc1. The van der Waals surface area contributed by atoms with Gasteiger partial charge in [-0.15, -0.1) is 0 Å². The molecular weight excluding hydrogens is 202 g/mol. The number of likely N-dealkylation sites (tertiary alicyclic amines) is 1. The molecule has 3 nitrogen and oxygen atoms in total. The molecule has 1 atom stereocenters. The molecule has 1 saturated heterocycles. The fourth-order valence-corrected chi connectivity index (χ4v) is 2.26. The smallest absolute Gasteiger partial charge is 0.325 e. The molecule has 0 saturated carbocycles. The molecule has 1 aliphatic heterocycles. The second-order valence-electron chi connectivity index (χ2n) is 4.39. The van der Waals surface area contributed by atoms with Crippen LogP contribution in [0.15, 0.2) is 24.3 Å². The average molecular weight is 219 g/mol. The molecule has 0 bridgehead atoms. The average Bonchev–Trinajstić information content (AvgIpc) is 2.74. The van der Waals surface area contributed by atoms with Crippen molar-refractivity contribution in [3.8, 4) is 0 Å². The van der Waals surface area contributed by atoms with Gasteiger partial charge >= 0.3 is 5.97 Å². The van der Waals surface area contributed by atoms with E-state index in [0.29, 0.717) is 0 Å². The quantitative estimate of drug-likeness (QED) is 0.847. The highest BCUT2D eigenvalue weighted by molar-refractivity contribution is 5.75. The minimum atomic E-state index is -0.745. The number of nitrogens with zero attached hydrogens (tertiary/aromatic N) is 1. The predicted molar refractivity (Wildman–Crippen MR) is 62.4 cm³/mol. The van der Waals surface area contributed by atoms with Crippen LogP contribution >= 0.6 is 0 Å². The number of carboxylic acids is 1. The summed E-state index contributed by atoms with van der Waals surface area (Å²) in [7, 11) is 0. The zero-order valence-electron chi connectivity index (χ0n) is 9.52. The van der Waals surface area contributed by atoms with Crippen molar-refractivity contribution in [3.05, 3.63) is 35.4 Å². The number of hydrogen-bond donors (Lipinski definition) is 1. The zero-order chi connectivity index (χ0) is 11.5. The maximum Gasteiger partial charge on any atom is 0.325 e. The Labute approximate surface area is 95.7 Å². The van der Waals surface area contributed by atoms with Crippen LogP contribution in [-0.4, -0.2) is 29.1 Å². The van der Waals surface area contributed by atoms with Gasteiger partial charge in [-0.2, -0.15) is 0 Å². The minimum Gasteiger partial charge on any atom is -0.480 e. The molecule has 1 aliphatic rings. The molecule has 0 unspecified atom stereocenters. The van der Waals surface area contributed by atoms with E-state index in [1.54, 1.807) is 0 Å². The molecule has 1 N–H and O–H groups in total. The van der Waals surface area contributed by atoms with Crippen molar-refractivity contribution < 1.29 is 9.90 Å². The van der Waals surface area contributed by atoms with Gasteiger partial charge in [0.05, 0.1) is 0 Å². The highest BCUT2D eigenvalue weighted by atomic mass is 16.4. The number of carbonyl (C=O) groups is 1. The van der Waals surface area contributed by atoms with Gasteiger partial charge < -0.3 is 5.11 Å². The van der Waals surface area contributed by atoms with Crippen LogP contribution in [0.4, 0.5) is 0 Å². The lowest BCUT2D eigenvalue weighted by Crippen LogP contribution is -2.31. The van der Waals surface area contributed by atoms with E-state index in [1.165, 1.54) is 0 Å². The molecule has 0 aromatic heterocycles. The van der Waals surface area contributed by atoms with Gasteiger partial charge in [-0.3, -0.25) is 9.69 Å². The highest BCUT2D eigenvalue weighted by Crippen LogP contribution is 2.25. The third-order valence-corrected chi connectivity index (χ3v) is 3.13. The molecule has 3 heteroatoms. The number of hydrogen-bond acceptors (Lipinski definition) is 2. The Balaban J connectivity index is 2.24. The number of benzene rings is 1. The van der Waals surface area contributed by atoms with Crippen LogP contribution in [0, 0.1) is 6.92 Å². The molecule has 2 rings (SSSR count). The van der Waals surface area contributed by atoms with Crippen molar-refractivity contribution in [2.24, 2.45) is 0 Å². The summed E-state index contributed by atoms with van der Waals surface area (Å²) >= 11 is 0. The second kappa shape index (κ2) is 4.66. The van der Waals surface area contributed by atoms with Gasteiger partial charge in [0.1, 0.15) is 6.04 Å². The predicted octanol–water partition coefficient (Wildman–Crippen LogP) is 2.22. The molecule has 1 aromatic rings. The summed E-state index contributed by atoms with van der Waals surface area (Å²) in [6.07, 6.45) is 2.21. The van der Waals surface area contributed by atoms with E-state index < -0.39 is 12.0 Å². The summed E-state index contributed by atoms with van der Waals surface area (Å²) in [6, 6.07) is 7.32. The van der Waals surface area contributed by atoms with Gasteiger partial charge in [0.15, 0.2) is 0 Å². The molecule has 0 aliphatic carbocycles.